The van der Waals surface area contributed by atoms with Gasteiger partial charge in [-0.2, -0.15) is 9.97 Å². The lowest BCUT2D eigenvalue weighted by Gasteiger charge is -2.22. The number of hydrogen-bond donors (Lipinski definition) is 2. The molecule has 0 bridgehead atoms. The van der Waals surface area contributed by atoms with Gasteiger partial charge in [0.15, 0.2) is 0 Å². The van der Waals surface area contributed by atoms with Crippen LogP contribution in [0, 0.1) is 0 Å². The topological polar surface area (TPSA) is 95.9 Å². The number of aliphatic hydroxyl groups is 1. The predicted octanol–water partition coefficient (Wildman–Crippen LogP) is 14.8. The molecular formula is C53H106N6O3. The average molecular weight is 875 g/mol. The Labute approximate surface area is 385 Å². The third-order valence-corrected chi connectivity index (χ3v) is 12.5. The second kappa shape index (κ2) is 47.3. The number of anilines is 1. The van der Waals surface area contributed by atoms with Gasteiger partial charge in [0, 0.05) is 26.2 Å². The first kappa shape index (κ1) is 58.3. The summed E-state index contributed by atoms with van der Waals surface area (Å²) in [5.41, 5.74) is 0. The van der Waals surface area contributed by atoms with Crippen molar-refractivity contribution < 1.29 is 14.6 Å². The molecule has 1 heterocycles. The molecule has 9 heteroatoms. The molecule has 0 unspecified atom stereocenters. The number of rotatable bonds is 51. The fourth-order valence-corrected chi connectivity index (χ4v) is 8.43. The molecule has 0 amide bonds. The maximum atomic E-state index is 9.29. The molecule has 0 aromatic carbocycles. The first-order valence-electron chi connectivity index (χ1n) is 27.5. The molecule has 62 heavy (non-hydrogen) atoms. The summed E-state index contributed by atoms with van der Waals surface area (Å²) in [6.07, 6.45) is 47.0. The van der Waals surface area contributed by atoms with Crippen LogP contribution in [0.5, 0.6) is 12.0 Å². The molecule has 0 saturated heterocycles. The number of nitrogens with zero attached hydrogens (tertiary/aromatic N) is 5. The number of hydrogen-bond acceptors (Lipinski definition) is 9. The van der Waals surface area contributed by atoms with E-state index in [9.17, 15) is 5.11 Å². The van der Waals surface area contributed by atoms with Crippen molar-refractivity contribution in [1.82, 2.24) is 24.8 Å². The Morgan fingerprint density at radius 3 is 0.952 bits per heavy atom. The van der Waals surface area contributed by atoms with E-state index < -0.39 is 0 Å². The van der Waals surface area contributed by atoms with Crippen molar-refractivity contribution in [3.05, 3.63) is 0 Å². The summed E-state index contributed by atoms with van der Waals surface area (Å²) in [6, 6.07) is 0.673. The first-order chi connectivity index (χ1) is 30.7. The highest BCUT2D eigenvalue weighted by Crippen LogP contribution is 2.17. The molecule has 0 aliphatic heterocycles. The van der Waals surface area contributed by atoms with E-state index in [0.29, 0.717) is 37.7 Å². The molecule has 0 spiro atoms. The molecule has 2 N–H and O–H groups in total. The second-order valence-electron chi connectivity index (χ2n) is 18.6. The van der Waals surface area contributed by atoms with E-state index in [0.717, 1.165) is 38.8 Å². The Morgan fingerprint density at radius 1 is 0.355 bits per heavy atom. The fraction of sp³-hybridized carbons (Fsp3) is 0.943. The van der Waals surface area contributed by atoms with Crippen molar-refractivity contribution in [2.75, 3.05) is 71.0 Å². The fourth-order valence-electron chi connectivity index (χ4n) is 8.43. The molecule has 1 rings (SSSR count). The van der Waals surface area contributed by atoms with Gasteiger partial charge in [-0.1, -0.05) is 207 Å². The molecule has 366 valence electrons. The Bertz CT molecular complexity index is 925. The lowest BCUT2D eigenvalue weighted by Crippen LogP contribution is -2.28. The van der Waals surface area contributed by atoms with Gasteiger partial charge in [-0.25, -0.2) is 0 Å². The smallest absolute Gasteiger partial charge is 0.324 e. The zero-order valence-corrected chi connectivity index (χ0v) is 42.0. The van der Waals surface area contributed by atoms with Crippen molar-refractivity contribution in [1.29, 1.82) is 0 Å². The van der Waals surface area contributed by atoms with Crippen LogP contribution >= 0.6 is 0 Å². The van der Waals surface area contributed by atoms with E-state index in [1.807, 2.05) is 0 Å². The van der Waals surface area contributed by atoms with Crippen molar-refractivity contribution in [3.8, 4) is 12.0 Å². The van der Waals surface area contributed by atoms with Crippen LogP contribution in [0.15, 0.2) is 0 Å². The summed E-state index contributed by atoms with van der Waals surface area (Å²) in [4.78, 5) is 19.2. The van der Waals surface area contributed by atoms with Crippen LogP contribution in [0.3, 0.4) is 0 Å². The van der Waals surface area contributed by atoms with Gasteiger partial charge in [-0.15, -0.1) is 4.98 Å². The second-order valence-corrected chi connectivity index (χ2v) is 18.6. The van der Waals surface area contributed by atoms with E-state index in [1.165, 1.54) is 232 Å². The number of nitrogens with one attached hydrogen (secondary N) is 1. The molecule has 0 atom stereocenters. The van der Waals surface area contributed by atoms with E-state index in [-0.39, 0.29) is 6.61 Å². The quantitative estimate of drug-likeness (QED) is 0.0620. The summed E-state index contributed by atoms with van der Waals surface area (Å²) < 4.78 is 12.4. The van der Waals surface area contributed by atoms with Crippen LogP contribution in [0.25, 0.3) is 0 Å². The summed E-state index contributed by atoms with van der Waals surface area (Å²) in [5, 5.41) is 12.6. The van der Waals surface area contributed by atoms with E-state index >= 15 is 0 Å². The molecule has 0 aliphatic carbocycles. The van der Waals surface area contributed by atoms with Gasteiger partial charge in [0.2, 0.25) is 5.95 Å². The molecule has 0 aliphatic rings. The largest absolute Gasteiger partial charge is 0.463 e. The lowest BCUT2D eigenvalue weighted by molar-refractivity contribution is 0.208. The predicted molar refractivity (Wildman–Crippen MR) is 268 cm³/mol. The molecule has 0 radical (unpaired) electrons. The molecular weight excluding hydrogens is 769 g/mol. The van der Waals surface area contributed by atoms with Gasteiger partial charge in [0.25, 0.3) is 0 Å². The highest BCUT2D eigenvalue weighted by Gasteiger charge is 2.12. The van der Waals surface area contributed by atoms with Gasteiger partial charge in [0.05, 0.1) is 13.2 Å². The Balaban J connectivity index is 2.71. The SMILES string of the molecule is CCCCCCCCCCN(CCCCCCCCCC)CCCOc1nc(NCCCCO)nc(OCCCN(CCCCCCCCCC)CCCCCCCCCC)n1. The minimum Gasteiger partial charge on any atom is -0.463 e. The molecule has 1 aromatic heterocycles. The maximum Gasteiger partial charge on any atom is 0.324 e. The normalized spacial score (nSPS) is 11.7. The van der Waals surface area contributed by atoms with Crippen molar-refractivity contribution in [2.45, 2.75) is 259 Å². The van der Waals surface area contributed by atoms with Crippen LogP contribution < -0.4 is 14.8 Å². The number of aromatic nitrogens is 3. The number of aliphatic hydroxyl groups excluding tert-OH is 1. The van der Waals surface area contributed by atoms with E-state index in [1.54, 1.807) is 0 Å². The van der Waals surface area contributed by atoms with Gasteiger partial charge >= 0.3 is 12.0 Å². The highest BCUT2D eigenvalue weighted by atomic mass is 16.5. The minimum atomic E-state index is 0.186. The van der Waals surface area contributed by atoms with Gasteiger partial charge in [-0.05, 0) is 77.5 Å². The summed E-state index contributed by atoms with van der Waals surface area (Å²) >= 11 is 0. The summed E-state index contributed by atoms with van der Waals surface area (Å²) in [5.74, 6) is 0.486. The van der Waals surface area contributed by atoms with Crippen molar-refractivity contribution in [2.24, 2.45) is 0 Å². The Hall–Kier alpha value is -1.71. The summed E-state index contributed by atoms with van der Waals surface area (Å²) in [6.45, 7) is 18.0. The van der Waals surface area contributed by atoms with Crippen LogP contribution in [0.2, 0.25) is 0 Å². The zero-order valence-electron chi connectivity index (χ0n) is 42.0. The third-order valence-electron chi connectivity index (χ3n) is 12.5. The number of unbranched alkanes of at least 4 members (excludes halogenated alkanes) is 29. The molecule has 0 saturated carbocycles. The molecule has 0 fully saturated rings. The van der Waals surface area contributed by atoms with Crippen molar-refractivity contribution in [3.63, 3.8) is 0 Å². The average Bonchev–Trinajstić information content (AvgIpc) is 3.28. The monoisotopic (exact) mass is 875 g/mol. The van der Waals surface area contributed by atoms with E-state index in [4.69, 9.17) is 9.47 Å². The molecule has 1 aromatic rings. The van der Waals surface area contributed by atoms with Gasteiger partial charge in [0.1, 0.15) is 0 Å². The lowest BCUT2D eigenvalue weighted by atomic mass is 10.1. The van der Waals surface area contributed by atoms with E-state index in [2.05, 4.69) is 57.8 Å². The maximum absolute atomic E-state index is 9.29. The van der Waals surface area contributed by atoms with Crippen LogP contribution in [0.1, 0.15) is 259 Å². The van der Waals surface area contributed by atoms with Gasteiger partial charge < -0.3 is 29.7 Å². The highest BCUT2D eigenvalue weighted by molar-refractivity contribution is 5.27. The zero-order chi connectivity index (χ0) is 44.7. The third kappa shape index (κ3) is 38.7. The van der Waals surface area contributed by atoms with Gasteiger partial charge in [-0.3, -0.25) is 0 Å². The summed E-state index contributed by atoms with van der Waals surface area (Å²) in [7, 11) is 0. The van der Waals surface area contributed by atoms with Crippen molar-refractivity contribution >= 4 is 5.95 Å². The van der Waals surface area contributed by atoms with Crippen LogP contribution in [-0.2, 0) is 0 Å². The Kier molecular flexibility index (Phi) is 44.4. The Morgan fingerprint density at radius 2 is 0.645 bits per heavy atom. The van der Waals surface area contributed by atoms with Crippen LogP contribution in [0.4, 0.5) is 5.95 Å². The minimum absolute atomic E-state index is 0.186. The standard InChI is InChI=1S/C53H106N6O3/c1-5-9-13-17-21-25-29-34-42-58(43-35-30-26-22-18-14-10-6-2)46-39-49-61-52-55-51(54-41-33-38-48-60)56-53(57-52)62-50-40-47-59(44-36-31-27-23-19-15-11-7-3)45-37-32-28-24-20-16-12-8-4/h60H,5-50H2,1-4H3,(H,54,55,56,57). The number of ether oxygens (including phenoxy) is 2. The first-order valence-corrected chi connectivity index (χ1v) is 27.5. The van der Waals surface area contributed by atoms with Crippen LogP contribution in [-0.4, -0.2) is 95.5 Å². The molecule has 9 nitrogen and oxygen atoms in total.